The van der Waals surface area contributed by atoms with Crippen LogP contribution in [0.15, 0.2) is 36.4 Å². The number of ether oxygens (including phenoxy) is 1. The zero-order valence-electron chi connectivity index (χ0n) is 15.5. The zero-order valence-corrected chi connectivity index (χ0v) is 15.5. The molecule has 0 radical (unpaired) electrons. The third kappa shape index (κ3) is 3.20. The molecule has 2 saturated carbocycles. The first-order chi connectivity index (χ1) is 12.5. The molecule has 5 atom stereocenters. The Morgan fingerprint density at radius 2 is 2.12 bits per heavy atom. The van der Waals surface area contributed by atoms with E-state index >= 15 is 0 Å². The summed E-state index contributed by atoms with van der Waals surface area (Å²) in [5.74, 6) is 0.441. The smallest absolute Gasteiger partial charge is 0.310 e. The molecule has 1 N–H and O–H groups in total. The summed E-state index contributed by atoms with van der Waals surface area (Å²) in [6, 6.07) is 6.48. The lowest BCUT2D eigenvalue weighted by atomic mass is 9.55. The number of esters is 1. The van der Waals surface area contributed by atoms with E-state index in [0.717, 1.165) is 24.8 Å². The maximum absolute atomic E-state index is 13.0. The normalized spacial score (nSPS) is 36.4. The Balaban J connectivity index is 1.40. The number of carbonyl (C=O) groups excluding carboxylic acids is 1. The minimum absolute atomic E-state index is 0.0561. The molecule has 3 fully saturated rings. The Labute approximate surface area is 155 Å². The van der Waals surface area contributed by atoms with Gasteiger partial charge in [-0.05, 0) is 61.1 Å². The van der Waals surface area contributed by atoms with E-state index in [0.29, 0.717) is 19.0 Å². The Hall–Kier alpha value is -1.68. The lowest BCUT2D eigenvalue weighted by Gasteiger charge is -2.50. The van der Waals surface area contributed by atoms with Crippen molar-refractivity contribution in [1.29, 1.82) is 0 Å². The Bertz CT molecular complexity index is 701. The second-order valence-corrected chi connectivity index (χ2v) is 8.66. The third-order valence-corrected chi connectivity index (χ3v) is 6.93. The predicted molar refractivity (Wildman–Crippen MR) is 98.8 cm³/mol. The summed E-state index contributed by atoms with van der Waals surface area (Å²) in [6.07, 6.45) is 5.60. The van der Waals surface area contributed by atoms with Crippen LogP contribution in [-0.4, -0.2) is 18.6 Å². The summed E-state index contributed by atoms with van der Waals surface area (Å²) in [5.41, 5.74) is 2.63. The number of hydrogen-bond acceptors (Lipinski definition) is 3. The molecule has 1 aromatic carbocycles. The van der Waals surface area contributed by atoms with E-state index in [4.69, 9.17) is 4.74 Å². The van der Waals surface area contributed by atoms with E-state index in [9.17, 15) is 9.18 Å². The fraction of sp³-hybridized carbons (Fsp3) is 0.591. The molecule has 1 saturated heterocycles. The standard InChI is InChI=1S/C22H28FNO2/c1-14-4-3-9-22(2)11-20-17(10-19(14)22)18(21(25)26-20)13-24-12-15-5-7-16(23)8-6-15/h5-8,17-20,24H,1,3-4,9-13H2,2H3/t17-,18-,19-,20+,22-/m0/s1. The second kappa shape index (κ2) is 6.80. The van der Waals surface area contributed by atoms with Crippen LogP contribution in [0.3, 0.4) is 0 Å². The predicted octanol–water partition coefficient (Wildman–Crippen LogP) is 4.23. The summed E-state index contributed by atoms with van der Waals surface area (Å²) in [5, 5.41) is 3.37. The molecule has 1 aliphatic heterocycles. The van der Waals surface area contributed by atoms with Crippen LogP contribution in [-0.2, 0) is 16.1 Å². The van der Waals surface area contributed by atoms with Gasteiger partial charge < -0.3 is 10.1 Å². The molecular weight excluding hydrogens is 329 g/mol. The topological polar surface area (TPSA) is 38.3 Å². The van der Waals surface area contributed by atoms with Gasteiger partial charge >= 0.3 is 5.97 Å². The average Bonchev–Trinajstić information content (AvgIpc) is 2.89. The van der Waals surface area contributed by atoms with E-state index in [1.807, 2.05) is 0 Å². The van der Waals surface area contributed by atoms with Gasteiger partial charge in [0.05, 0.1) is 5.92 Å². The zero-order chi connectivity index (χ0) is 18.3. The van der Waals surface area contributed by atoms with Gasteiger partial charge in [0, 0.05) is 19.0 Å². The Morgan fingerprint density at radius 3 is 2.88 bits per heavy atom. The van der Waals surface area contributed by atoms with E-state index in [1.165, 1.54) is 30.5 Å². The van der Waals surface area contributed by atoms with Crippen LogP contribution in [0.25, 0.3) is 0 Å². The van der Waals surface area contributed by atoms with Crippen molar-refractivity contribution >= 4 is 5.97 Å². The lowest BCUT2D eigenvalue weighted by molar-refractivity contribution is -0.146. The van der Waals surface area contributed by atoms with Gasteiger partial charge in [0.2, 0.25) is 0 Å². The molecule has 0 bridgehead atoms. The van der Waals surface area contributed by atoms with Crippen molar-refractivity contribution in [1.82, 2.24) is 5.32 Å². The first-order valence-electron chi connectivity index (χ1n) is 9.79. The number of fused-ring (bicyclic) bond motifs is 2. The van der Waals surface area contributed by atoms with Crippen molar-refractivity contribution in [2.24, 2.45) is 23.2 Å². The Morgan fingerprint density at radius 1 is 1.35 bits per heavy atom. The number of benzene rings is 1. The fourth-order valence-corrected chi connectivity index (χ4v) is 5.46. The van der Waals surface area contributed by atoms with Crippen LogP contribution >= 0.6 is 0 Å². The van der Waals surface area contributed by atoms with Crippen molar-refractivity contribution in [3.05, 3.63) is 47.8 Å². The molecule has 0 amide bonds. The number of allylic oxidation sites excluding steroid dienone is 1. The van der Waals surface area contributed by atoms with E-state index in [2.05, 4.69) is 18.8 Å². The average molecular weight is 357 g/mol. The fourth-order valence-electron chi connectivity index (χ4n) is 5.46. The number of carbonyl (C=O) groups is 1. The highest BCUT2D eigenvalue weighted by atomic mass is 19.1. The van der Waals surface area contributed by atoms with Crippen molar-refractivity contribution < 1.29 is 13.9 Å². The van der Waals surface area contributed by atoms with E-state index in [1.54, 1.807) is 12.1 Å². The molecule has 3 aliphatic rings. The van der Waals surface area contributed by atoms with Gasteiger partial charge in [0.25, 0.3) is 0 Å². The highest BCUT2D eigenvalue weighted by molar-refractivity contribution is 5.75. The van der Waals surface area contributed by atoms with Crippen LogP contribution in [0.5, 0.6) is 0 Å². The minimum Gasteiger partial charge on any atom is -0.462 e. The van der Waals surface area contributed by atoms with Crippen LogP contribution in [0.1, 0.15) is 44.6 Å². The van der Waals surface area contributed by atoms with Gasteiger partial charge in [-0.15, -0.1) is 0 Å². The molecular formula is C22H28FNO2. The molecule has 0 spiro atoms. The van der Waals surface area contributed by atoms with Gasteiger partial charge in [-0.2, -0.15) is 0 Å². The first kappa shape index (κ1) is 17.7. The van der Waals surface area contributed by atoms with Gasteiger partial charge in [-0.1, -0.05) is 31.2 Å². The molecule has 4 rings (SSSR count). The maximum atomic E-state index is 13.0. The summed E-state index contributed by atoms with van der Waals surface area (Å²) in [6.45, 7) is 7.94. The molecule has 0 unspecified atom stereocenters. The third-order valence-electron chi connectivity index (χ3n) is 6.93. The molecule has 1 heterocycles. The summed E-state index contributed by atoms with van der Waals surface area (Å²) < 4.78 is 18.8. The van der Waals surface area contributed by atoms with Crippen molar-refractivity contribution in [2.75, 3.05) is 6.54 Å². The van der Waals surface area contributed by atoms with Crippen LogP contribution in [0, 0.1) is 29.0 Å². The van der Waals surface area contributed by atoms with Crippen LogP contribution < -0.4 is 5.32 Å². The van der Waals surface area contributed by atoms with Gasteiger partial charge in [0.15, 0.2) is 0 Å². The lowest BCUT2D eigenvalue weighted by Crippen LogP contribution is -2.45. The highest BCUT2D eigenvalue weighted by Gasteiger charge is 2.54. The molecule has 140 valence electrons. The summed E-state index contributed by atoms with van der Waals surface area (Å²) in [4.78, 5) is 12.5. The summed E-state index contributed by atoms with van der Waals surface area (Å²) in [7, 11) is 0. The summed E-state index contributed by atoms with van der Waals surface area (Å²) >= 11 is 0. The molecule has 2 aliphatic carbocycles. The van der Waals surface area contributed by atoms with Crippen molar-refractivity contribution in [3.63, 3.8) is 0 Å². The number of nitrogens with one attached hydrogen (secondary N) is 1. The molecule has 4 heteroatoms. The second-order valence-electron chi connectivity index (χ2n) is 8.66. The molecule has 1 aromatic rings. The largest absolute Gasteiger partial charge is 0.462 e. The SMILES string of the molecule is C=C1CCC[C@@]2(C)C[C@H]3OC(=O)[C@@H](CNCc4ccc(F)cc4)[C@@H]3C[C@@H]12. The van der Waals surface area contributed by atoms with Gasteiger partial charge in [0.1, 0.15) is 11.9 Å². The molecule has 26 heavy (non-hydrogen) atoms. The highest BCUT2D eigenvalue weighted by Crippen LogP contribution is 2.56. The van der Waals surface area contributed by atoms with Gasteiger partial charge in [-0.25, -0.2) is 4.39 Å². The molecule has 0 aromatic heterocycles. The first-order valence-corrected chi connectivity index (χ1v) is 9.79. The van der Waals surface area contributed by atoms with Gasteiger partial charge in [-0.3, -0.25) is 4.79 Å². The number of halogens is 1. The quantitative estimate of drug-likeness (QED) is 0.647. The van der Waals surface area contributed by atoms with Crippen LogP contribution in [0.2, 0.25) is 0 Å². The minimum atomic E-state index is -0.228. The van der Waals surface area contributed by atoms with Crippen molar-refractivity contribution in [3.8, 4) is 0 Å². The maximum Gasteiger partial charge on any atom is 0.310 e. The van der Waals surface area contributed by atoms with Crippen LogP contribution in [0.4, 0.5) is 4.39 Å². The van der Waals surface area contributed by atoms with Crippen molar-refractivity contribution in [2.45, 2.75) is 51.7 Å². The van der Waals surface area contributed by atoms with E-state index < -0.39 is 0 Å². The number of rotatable bonds is 4. The monoisotopic (exact) mass is 357 g/mol. The number of hydrogen-bond donors (Lipinski definition) is 1. The molecule has 3 nitrogen and oxygen atoms in total. The van der Waals surface area contributed by atoms with E-state index in [-0.39, 0.29) is 35.1 Å². The Kier molecular flexibility index (Phi) is 4.64.